The number of nitrogens with one attached hydrogen (secondary N) is 2. The molecule has 0 atom stereocenters. The van der Waals surface area contributed by atoms with Crippen molar-refractivity contribution in [3.8, 4) is 0 Å². The van der Waals surface area contributed by atoms with E-state index < -0.39 is 17.7 Å². The Labute approximate surface area is 156 Å². The first-order chi connectivity index (χ1) is 12.8. The van der Waals surface area contributed by atoms with Crippen LogP contribution in [0.5, 0.6) is 0 Å². The van der Waals surface area contributed by atoms with Gasteiger partial charge >= 0.3 is 6.03 Å². The van der Waals surface area contributed by atoms with Crippen LogP contribution in [0.2, 0.25) is 0 Å². The second-order valence-corrected chi connectivity index (χ2v) is 6.40. The molecule has 0 aliphatic rings. The van der Waals surface area contributed by atoms with Crippen molar-refractivity contribution in [2.45, 2.75) is 27.3 Å². The van der Waals surface area contributed by atoms with Gasteiger partial charge in [-0.1, -0.05) is 29.8 Å². The first-order valence-electron chi connectivity index (χ1n) is 8.46. The molecule has 3 aromatic rings. The number of rotatable bonds is 4. The van der Waals surface area contributed by atoms with E-state index in [4.69, 9.17) is 0 Å². The number of halogens is 2. The fourth-order valence-corrected chi connectivity index (χ4v) is 2.87. The molecule has 7 heteroatoms. The third-order valence-corrected chi connectivity index (χ3v) is 4.21. The van der Waals surface area contributed by atoms with Crippen molar-refractivity contribution in [1.82, 2.24) is 9.78 Å². The summed E-state index contributed by atoms with van der Waals surface area (Å²) in [5.74, 6) is -1.55. The standard InChI is InChI=1S/C20H20F2N4O/c1-12-5-4-6-15(9-12)11-26-14(3)19(13(2)25-26)24-20(27)23-18-8-7-16(21)10-17(18)22/h4-10H,11H2,1-3H3,(H2,23,24,27). The summed E-state index contributed by atoms with van der Waals surface area (Å²) < 4.78 is 28.5. The van der Waals surface area contributed by atoms with Crippen molar-refractivity contribution >= 4 is 17.4 Å². The monoisotopic (exact) mass is 370 g/mol. The minimum atomic E-state index is -0.839. The van der Waals surface area contributed by atoms with E-state index in [1.165, 1.54) is 6.07 Å². The molecule has 0 fully saturated rings. The first kappa shape index (κ1) is 18.6. The predicted octanol–water partition coefficient (Wildman–Crippen LogP) is 4.78. The average molecular weight is 370 g/mol. The SMILES string of the molecule is Cc1cccc(Cn2nc(C)c(NC(=O)Nc3ccc(F)cc3F)c2C)c1. The van der Waals surface area contributed by atoms with Crippen molar-refractivity contribution < 1.29 is 13.6 Å². The Balaban J connectivity index is 1.75. The van der Waals surface area contributed by atoms with E-state index in [1.54, 1.807) is 11.6 Å². The summed E-state index contributed by atoms with van der Waals surface area (Å²) >= 11 is 0. The summed E-state index contributed by atoms with van der Waals surface area (Å²) in [5, 5.41) is 9.55. The zero-order valence-electron chi connectivity index (χ0n) is 15.3. The lowest BCUT2D eigenvalue weighted by Crippen LogP contribution is -2.21. The van der Waals surface area contributed by atoms with E-state index in [0.717, 1.165) is 22.9 Å². The quantitative estimate of drug-likeness (QED) is 0.694. The van der Waals surface area contributed by atoms with Crippen LogP contribution in [-0.2, 0) is 6.54 Å². The van der Waals surface area contributed by atoms with E-state index in [0.29, 0.717) is 24.0 Å². The number of amides is 2. The summed E-state index contributed by atoms with van der Waals surface area (Å²) in [6, 6.07) is 10.4. The van der Waals surface area contributed by atoms with Gasteiger partial charge in [-0.3, -0.25) is 4.68 Å². The smallest absolute Gasteiger partial charge is 0.305 e. The molecule has 0 aliphatic heterocycles. The van der Waals surface area contributed by atoms with Crippen molar-refractivity contribution in [3.63, 3.8) is 0 Å². The highest BCUT2D eigenvalue weighted by Crippen LogP contribution is 2.22. The Morgan fingerprint density at radius 1 is 1.07 bits per heavy atom. The summed E-state index contributed by atoms with van der Waals surface area (Å²) in [6.07, 6.45) is 0. The molecule has 140 valence electrons. The number of carbonyl (C=O) groups is 1. The highest BCUT2D eigenvalue weighted by molar-refractivity contribution is 6.00. The number of carbonyl (C=O) groups excluding carboxylic acids is 1. The number of aromatic nitrogens is 2. The van der Waals surface area contributed by atoms with E-state index in [-0.39, 0.29) is 5.69 Å². The van der Waals surface area contributed by atoms with Gasteiger partial charge in [0, 0.05) is 6.07 Å². The molecule has 0 saturated heterocycles. The van der Waals surface area contributed by atoms with E-state index in [9.17, 15) is 13.6 Å². The van der Waals surface area contributed by atoms with Crippen molar-refractivity contribution in [2.24, 2.45) is 0 Å². The lowest BCUT2D eigenvalue weighted by atomic mass is 10.1. The van der Waals surface area contributed by atoms with Crippen LogP contribution in [0, 0.1) is 32.4 Å². The lowest BCUT2D eigenvalue weighted by molar-refractivity contribution is 0.262. The van der Waals surface area contributed by atoms with Crippen LogP contribution >= 0.6 is 0 Å². The van der Waals surface area contributed by atoms with Crippen LogP contribution in [0.3, 0.4) is 0 Å². The molecule has 1 aromatic heterocycles. The Hall–Kier alpha value is -3.22. The molecule has 0 radical (unpaired) electrons. The highest BCUT2D eigenvalue weighted by Gasteiger charge is 2.15. The molecule has 2 aromatic carbocycles. The molecule has 0 bridgehead atoms. The summed E-state index contributed by atoms with van der Waals surface area (Å²) in [7, 11) is 0. The molecule has 27 heavy (non-hydrogen) atoms. The summed E-state index contributed by atoms with van der Waals surface area (Å²) in [5.41, 5.74) is 4.15. The number of anilines is 2. The normalized spacial score (nSPS) is 10.7. The Kier molecular flexibility index (Phi) is 5.21. The summed E-state index contributed by atoms with van der Waals surface area (Å²) in [6.45, 7) is 6.23. The zero-order chi connectivity index (χ0) is 19.6. The first-order valence-corrected chi connectivity index (χ1v) is 8.46. The third-order valence-electron chi connectivity index (χ3n) is 4.21. The molecule has 0 saturated carbocycles. The number of hydrogen-bond donors (Lipinski definition) is 2. The van der Waals surface area contributed by atoms with Crippen molar-refractivity contribution in [2.75, 3.05) is 10.6 Å². The summed E-state index contributed by atoms with van der Waals surface area (Å²) in [4.78, 5) is 12.2. The molecule has 5 nitrogen and oxygen atoms in total. The zero-order valence-corrected chi connectivity index (χ0v) is 15.3. The van der Waals surface area contributed by atoms with E-state index in [2.05, 4.69) is 21.8 Å². The number of aryl methyl sites for hydroxylation is 2. The van der Waals surface area contributed by atoms with Crippen LogP contribution in [0.4, 0.5) is 25.0 Å². The fraction of sp³-hybridized carbons (Fsp3) is 0.200. The van der Waals surface area contributed by atoms with Gasteiger partial charge in [0.05, 0.1) is 29.3 Å². The highest BCUT2D eigenvalue weighted by atomic mass is 19.1. The number of benzene rings is 2. The molecule has 3 rings (SSSR count). The Morgan fingerprint density at radius 2 is 1.85 bits per heavy atom. The maximum atomic E-state index is 13.7. The van der Waals surface area contributed by atoms with Crippen LogP contribution < -0.4 is 10.6 Å². The maximum Gasteiger partial charge on any atom is 0.323 e. The third kappa shape index (κ3) is 4.31. The van der Waals surface area contributed by atoms with E-state index >= 15 is 0 Å². The van der Waals surface area contributed by atoms with Crippen LogP contribution in [-0.4, -0.2) is 15.8 Å². The minimum absolute atomic E-state index is 0.101. The molecule has 2 N–H and O–H groups in total. The average Bonchev–Trinajstić information content (AvgIpc) is 2.85. The van der Waals surface area contributed by atoms with Gasteiger partial charge in [-0.15, -0.1) is 0 Å². The topological polar surface area (TPSA) is 59.0 Å². The van der Waals surface area contributed by atoms with Gasteiger partial charge in [0.15, 0.2) is 0 Å². The van der Waals surface area contributed by atoms with Crippen molar-refractivity contribution in [3.05, 3.63) is 76.6 Å². The Morgan fingerprint density at radius 3 is 2.56 bits per heavy atom. The predicted molar refractivity (Wildman–Crippen MR) is 101 cm³/mol. The van der Waals surface area contributed by atoms with Gasteiger partial charge in [0.25, 0.3) is 0 Å². The van der Waals surface area contributed by atoms with Crippen molar-refractivity contribution in [1.29, 1.82) is 0 Å². The van der Waals surface area contributed by atoms with Gasteiger partial charge in [0.2, 0.25) is 0 Å². The molecule has 0 spiro atoms. The molecular weight excluding hydrogens is 350 g/mol. The largest absolute Gasteiger partial charge is 0.323 e. The van der Waals surface area contributed by atoms with Gasteiger partial charge in [-0.05, 0) is 38.5 Å². The molecule has 0 unspecified atom stereocenters. The van der Waals surface area contributed by atoms with Gasteiger partial charge < -0.3 is 10.6 Å². The second-order valence-electron chi connectivity index (χ2n) is 6.40. The Bertz CT molecular complexity index is 998. The molecular formula is C20H20F2N4O. The maximum absolute atomic E-state index is 13.7. The number of nitrogens with zero attached hydrogens (tertiary/aromatic N) is 2. The van der Waals surface area contributed by atoms with Crippen LogP contribution in [0.15, 0.2) is 42.5 Å². The lowest BCUT2D eigenvalue weighted by Gasteiger charge is -2.10. The van der Waals surface area contributed by atoms with Gasteiger partial charge in [-0.2, -0.15) is 5.10 Å². The molecule has 0 aliphatic carbocycles. The van der Waals surface area contributed by atoms with Gasteiger partial charge in [0.1, 0.15) is 11.6 Å². The number of urea groups is 1. The second kappa shape index (κ2) is 7.57. The minimum Gasteiger partial charge on any atom is -0.305 e. The fourth-order valence-electron chi connectivity index (χ4n) is 2.87. The van der Waals surface area contributed by atoms with Crippen LogP contribution in [0.25, 0.3) is 0 Å². The molecule has 1 heterocycles. The van der Waals surface area contributed by atoms with E-state index in [1.807, 2.05) is 32.0 Å². The van der Waals surface area contributed by atoms with Gasteiger partial charge in [-0.25, -0.2) is 13.6 Å². The number of hydrogen-bond acceptors (Lipinski definition) is 2. The van der Waals surface area contributed by atoms with Crippen LogP contribution in [0.1, 0.15) is 22.5 Å². The molecule has 2 amide bonds.